The lowest BCUT2D eigenvalue weighted by atomic mass is 10.2. The summed E-state index contributed by atoms with van der Waals surface area (Å²) < 4.78 is 11.3. The predicted octanol–water partition coefficient (Wildman–Crippen LogP) is 2.83. The normalized spacial score (nSPS) is 12.5. The van der Waals surface area contributed by atoms with Gasteiger partial charge < -0.3 is 14.8 Å². The van der Waals surface area contributed by atoms with Crippen LogP contribution in [0.15, 0.2) is 22.7 Å². The summed E-state index contributed by atoms with van der Waals surface area (Å²) in [7, 11) is 3.40. The number of benzene rings is 1. The number of hydrogen-bond donors (Lipinski definition) is 1. The lowest BCUT2D eigenvalue weighted by Crippen LogP contribution is -2.23. The van der Waals surface area contributed by atoms with Crippen molar-refractivity contribution in [2.45, 2.75) is 13.5 Å². The third-order valence-corrected chi connectivity index (χ3v) is 3.11. The maximum atomic E-state index is 5.19. The van der Waals surface area contributed by atoms with Gasteiger partial charge >= 0.3 is 0 Å². The van der Waals surface area contributed by atoms with E-state index >= 15 is 0 Å². The highest BCUT2D eigenvalue weighted by molar-refractivity contribution is 9.10. The Kier molecular flexibility index (Phi) is 6.55. The highest BCUT2D eigenvalue weighted by Crippen LogP contribution is 2.25. The van der Waals surface area contributed by atoms with Crippen LogP contribution in [0.3, 0.4) is 0 Å². The summed E-state index contributed by atoms with van der Waals surface area (Å²) in [5.74, 6) is 1.39. The summed E-state index contributed by atoms with van der Waals surface area (Å²) in [6, 6.07) is 6.12. The first kappa shape index (κ1) is 14.5. The van der Waals surface area contributed by atoms with E-state index in [0.717, 1.165) is 29.9 Å². The Morgan fingerprint density at radius 1 is 1.35 bits per heavy atom. The van der Waals surface area contributed by atoms with Crippen molar-refractivity contribution in [2.75, 3.05) is 27.4 Å². The van der Waals surface area contributed by atoms with Gasteiger partial charge in [-0.05, 0) is 39.5 Å². The minimum Gasteiger partial charge on any atom is -0.496 e. The first-order chi connectivity index (χ1) is 8.17. The van der Waals surface area contributed by atoms with Crippen molar-refractivity contribution in [2.24, 2.45) is 5.92 Å². The van der Waals surface area contributed by atoms with Gasteiger partial charge in [0, 0.05) is 26.8 Å². The molecule has 0 radical (unpaired) electrons. The van der Waals surface area contributed by atoms with Crippen LogP contribution in [0.4, 0.5) is 0 Å². The molecule has 17 heavy (non-hydrogen) atoms. The Bertz CT molecular complexity index is 344. The standard InChI is InChI=1S/C13H20BrNO2/c1-10(9-16-2)7-15-8-11-4-5-13(17-3)12(14)6-11/h4-6,10,15H,7-9H2,1-3H3. The van der Waals surface area contributed by atoms with Crippen LogP contribution >= 0.6 is 15.9 Å². The average Bonchev–Trinajstić information content (AvgIpc) is 2.29. The van der Waals surface area contributed by atoms with Crippen molar-refractivity contribution in [3.05, 3.63) is 28.2 Å². The van der Waals surface area contributed by atoms with Crippen LogP contribution in [0.1, 0.15) is 12.5 Å². The van der Waals surface area contributed by atoms with E-state index in [-0.39, 0.29) is 0 Å². The molecule has 4 heteroatoms. The van der Waals surface area contributed by atoms with E-state index in [4.69, 9.17) is 9.47 Å². The van der Waals surface area contributed by atoms with Crippen LogP contribution in [0.25, 0.3) is 0 Å². The third kappa shape index (κ3) is 5.06. The minimum atomic E-state index is 0.529. The quantitative estimate of drug-likeness (QED) is 0.840. The van der Waals surface area contributed by atoms with E-state index in [9.17, 15) is 0 Å². The van der Waals surface area contributed by atoms with Gasteiger partial charge in [0.05, 0.1) is 11.6 Å². The van der Waals surface area contributed by atoms with Gasteiger partial charge in [-0.25, -0.2) is 0 Å². The van der Waals surface area contributed by atoms with Crippen molar-refractivity contribution < 1.29 is 9.47 Å². The van der Waals surface area contributed by atoms with Crippen molar-refractivity contribution in [3.63, 3.8) is 0 Å². The second kappa shape index (κ2) is 7.69. The molecule has 0 aliphatic carbocycles. The van der Waals surface area contributed by atoms with Crippen LogP contribution in [-0.4, -0.2) is 27.4 Å². The minimum absolute atomic E-state index is 0.529. The molecule has 0 fully saturated rings. The molecule has 1 atom stereocenters. The van der Waals surface area contributed by atoms with Crippen LogP contribution in [0.5, 0.6) is 5.75 Å². The molecule has 1 N–H and O–H groups in total. The lowest BCUT2D eigenvalue weighted by molar-refractivity contribution is 0.158. The molecular formula is C13H20BrNO2. The number of ether oxygens (including phenoxy) is 2. The zero-order chi connectivity index (χ0) is 12.7. The molecular weight excluding hydrogens is 282 g/mol. The largest absolute Gasteiger partial charge is 0.496 e. The van der Waals surface area contributed by atoms with E-state index in [1.165, 1.54) is 5.56 Å². The van der Waals surface area contributed by atoms with Gasteiger partial charge in [-0.2, -0.15) is 0 Å². The monoisotopic (exact) mass is 301 g/mol. The fourth-order valence-electron chi connectivity index (χ4n) is 1.63. The maximum Gasteiger partial charge on any atom is 0.133 e. The molecule has 3 nitrogen and oxygen atoms in total. The smallest absolute Gasteiger partial charge is 0.133 e. The molecule has 1 unspecified atom stereocenters. The Morgan fingerprint density at radius 3 is 2.71 bits per heavy atom. The Hall–Kier alpha value is -0.580. The predicted molar refractivity (Wildman–Crippen MR) is 73.4 cm³/mol. The summed E-state index contributed by atoms with van der Waals surface area (Å²) in [5, 5.41) is 3.41. The topological polar surface area (TPSA) is 30.5 Å². The fraction of sp³-hybridized carbons (Fsp3) is 0.538. The maximum absolute atomic E-state index is 5.19. The van der Waals surface area contributed by atoms with Crippen molar-refractivity contribution in [1.29, 1.82) is 0 Å². The first-order valence-electron chi connectivity index (χ1n) is 5.69. The first-order valence-corrected chi connectivity index (χ1v) is 6.48. The van der Waals surface area contributed by atoms with E-state index in [1.807, 2.05) is 6.07 Å². The number of halogens is 1. The fourth-order valence-corrected chi connectivity index (χ4v) is 2.21. The van der Waals surface area contributed by atoms with Crippen molar-refractivity contribution in [1.82, 2.24) is 5.32 Å². The number of methoxy groups -OCH3 is 2. The van der Waals surface area contributed by atoms with E-state index in [2.05, 4.69) is 40.3 Å². The number of hydrogen-bond acceptors (Lipinski definition) is 3. The highest BCUT2D eigenvalue weighted by atomic mass is 79.9. The van der Waals surface area contributed by atoms with Gasteiger partial charge in [-0.15, -0.1) is 0 Å². The molecule has 0 aliphatic heterocycles. The molecule has 0 saturated heterocycles. The molecule has 0 heterocycles. The summed E-state index contributed by atoms with van der Waals surface area (Å²) in [6.45, 7) is 4.77. The second-order valence-corrected chi connectivity index (χ2v) is 5.01. The van der Waals surface area contributed by atoms with Gasteiger partial charge in [-0.3, -0.25) is 0 Å². The molecule has 0 aromatic heterocycles. The summed E-state index contributed by atoms with van der Waals surface area (Å²) in [4.78, 5) is 0. The molecule has 1 aromatic rings. The van der Waals surface area contributed by atoms with Gasteiger partial charge in [0.1, 0.15) is 5.75 Å². The number of nitrogens with one attached hydrogen (secondary N) is 1. The van der Waals surface area contributed by atoms with Gasteiger partial charge in [-0.1, -0.05) is 13.0 Å². The van der Waals surface area contributed by atoms with Crippen LogP contribution in [0.2, 0.25) is 0 Å². The zero-order valence-corrected chi connectivity index (χ0v) is 12.2. The summed E-state index contributed by atoms with van der Waals surface area (Å²) in [6.07, 6.45) is 0. The summed E-state index contributed by atoms with van der Waals surface area (Å²) in [5.41, 5.74) is 1.24. The Morgan fingerprint density at radius 2 is 2.12 bits per heavy atom. The van der Waals surface area contributed by atoms with Gasteiger partial charge in [0.15, 0.2) is 0 Å². The molecule has 0 bridgehead atoms. The second-order valence-electron chi connectivity index (χ2n) is 4.16. The van der Waals surface area contributed by atoms with Crippen molar-refractivity contribution >= 4 is 15.9 Å². The van der Waals surface area contributed by atoms with Crippen LogP contribution in [-0.2, 0) is 11.3 Å². The van der Waals surface area contributed by atoms with E-state index < -0.39 is 0 Å². The zero-order valence-electron chi connectivity index (χ0n) is 10.6. The Balaban J connectivity index is 2.39. The highest BCUT2D eigenvalue weighted by Gasteiger charge is 2.03. The lowest BCUT2D eigenvalue weighted by Gasteiger charge is -2.12. The molecule has 0 aliphatic rings. The molecule has 1 aromatic carbocycles. The van der Waals surface area contributed by atoms with E-state index in [0.29, 0.717) is 5.92 Å². The van der Waals surface area contributed by atoms with Gasteiger partial charge in [0.2, 0.25) is 0 Å². The third-order valence-electron chi connectivity index (χ3n) is 2.49. The average molecular weight is 302 g/mol. The molecule has 0 spiro atoms. The Labute approximate surface area is 112 Å². The molecule has 0 saturated carbocycles. The molecule has 1 rings (SSSR count). The van der Waals surface area contributed by atoms with Gasteiger partial charge in [0.25, 0.3) is 0 Å². The SMILES string of the molecule is COCC(C)CNCc1ccc(OC)c(Br)c1. The van der Waals surface area contributed by atoms with Crippen LogP contribution < -0.4 is 10.1 Å². The number of rotatable bonds is 7. The van der Waals surface area contributed by atoms with E-state index in [1.54, 1.807) is 14.2 Å². The molecule has 96 valence electrons. The molecule has 0 amide bonds. The summed E-state index contributed by atoms with van der Waals surface area (Å²) >= 11 is 3.48. The van der Waals surface area contributed by atoms with Crippen LogP contribution in [0, 0.1) is 5.92 Å². The van der Waals surface area contributed by atoms with Crippen molar-refractivity contribution in [3.8, 4) is 5.75 Å².